The molecule has 1 N–H and O–H groups in total. The number of likely N-dealkylation sites (tertiary alicyclic amines) is 1. The molecular formula is C29H31NO6. The minimum absolute atomic E-state index is 0.0273. The highest BCUT2D eigenvalue weighted by Gasteiger charge is 2.46. The van der Waals surface area contributed by atoms with Crippen LogP contribution in [0.25, 0.3) is 5.76 Å². The highest BCUT2D eigenvalue weighted by molar-refractivity contribution is 6.46. The Bertz CT molecular complexity index is 1210. The summed E-state index contributed by atoms with van der Waals surface area (Å²) >= 11 is 0. The third kappa shape index (κ3) is 5.46. The smallest absolute Gasteiger partial charge is 0.296 e. The van der Waals surface area contributed by atoms with Crippen molar-refractivity contribution in [3.8, 4) is 11.5 Å². The Kier molecular flexibility index (Phi) is 8.10. The van der Waals surface area contributed by atoms with Crippen molar-refractivity contribution in [2.24, 2.45) is 0 Å². The number of amides is 1. The maximum absolute atomic E-state index is 13.3. The molecular weight excluding hydrogens is 458 g/mol. The van der Waals surface area contributed by atoms with Crippen LogP contribution in [0, 0.1) is 0 Å². The number of aliphatic hydroxyl groups excluding tert-OH is 1. The van der Waals surface area contributed by atoms with E-state index in [1.807, 2.05) is 31.2 Å². The average Bonchev–Trinajstić information content (AvgIpc) is 3.50. The van der Waals surface area contributed by atoms with Gasteiger partial charge in [-0.25, -0.2) is 0 Å². The van der Waals surface area contributed by atoms with Crippen LogP contribution in [0.15, 0.2) is 76.9 Å². The van der Waals surface area contributed by atoms with Crippen molar-refractivity contribution >= 4 is 17.4 Å². The third-order valence-corrected chi connectivity index (χ3v) is 5.99. The predicted octanol–water partition coefficient (Wildman–Crippen LogP) is 5.87. The van der Waals surface area contributed by atoms with Crippen molar-refractivity contribution in [3.05, 3.63) is 89.4 Å². The molecule has 1 unspecified atom stereocenters. The zero-order valence-electron chi connectivity index (χ0n) is 20.6. The lowest BCUT2D eigenvalue weighted by atomic mass is 9.95. The molecule has 188 valence electrons. The Morgan fingerprint density at radius 3 is 2.42 bits per heavy atom. The number of hydrogen-bond acceptors (Lipinski definition) is 6. The van der Waals surface area contributed by atoms with Gasteiger partial charge in [0.15, 0.2) is 0 Å². The SMILES string of the molecule is CCCCOc1cccc(C2/C(=C(\O)c3ccc(OCCC)cc3)C(=O)C(=O)N2Cc2ccco2)c1. The van der Waals surface area contributed by atoms with Gasteiger partial charge in [0.05, 0.1) is 37.6 Å². The molecule has 7 nitrogen and oxygen atoms in total. The second-order valence-corrected chi connectivity index (χ2v) is 8.65. The van der Waals surface area contributed by atoms with Gasteiger partial charge in [0.2, 0.25) is 0 Å². The fourth-order valence-electron chi connectivity index (χ4n) is 4.15. The number of Topliss-reactive ketones (excluding diaryl/α,β-unsaturated/α-hetero) is 1. The molecule has 0 aliphatic carbocycles. The summed E-state index contributed by atoms with van der Waals surface area (Å²) in [6.45, 7) is 5.35. The Morgan fingerprint density at radius 2 is 1.72 bits per heavy atom. The van der Waals surface area contributed by atoms with E-state index in [-0.39, 0.29) is 17.9 Å². The van der Waals surface area contributed by atoms with Gasteiger partial charge < -0.3 is 23.9 Å². The Labute approximate surface area is 210 Å². The first-order valence-electron chi connectivity index (χ1n) is 12.3. The van der Waals surface area contributed by atoms with Gasteiger partial charge in [0, 0.05) is 5.56 Å². The molecule has 1 atom stereocenters. The summed E-state index contributed by atoms with van der Waals surface area (Å²) in [5, 5.41) is 11.3. The van der Waals surface area contributed by atoms with Gasteiger partial charge in [-0.2, -0.15) is 0 Å². The number of ether oxygens (including phenoxy) is 2. The predicted molar refractivity (Wildman–Crippen MR) is 136 cm³/mol. The molecule has 0 radical (unpaired) electrons. The number of carbonyl (C=O) groups is 2. The first-order chi connectivity index (χ1) is 17.5. The Morgan fingerprint density at radius 1 is 0.944 bits per heavy atom. The Hall–Kier alpha value is -4.00. The molecule has 1 saturated heterocycles. The van der Waals surface area contributed by atoms with Crippen molar-refractivity contribution in [2.75, 3.05) is 13.2 Å². The van der Waals surface area contributed by atoms with E-state index in [0.29, 0.717) is 41.6 Å². The first-order valence-corrected chi connectivity index (χ1v) is 12.3. The Balaban J connectivity index is 1.75. The quantitative estimate of drug-likeness (QED) is 0.157. The standard InChI is InChI=1S/C29H31NO6/c1-3-5-16-35-23-9-6-8-21(18-23)26-25(27(31)20-11-13-22(14-12-20)34-15-4-2)28(32)29(33)30(26)19-24-10-7-17-36-24/h6-14,17-18,26,31H,3-5,15-16,19H2,1-2H3/b27-25+. The number of furan rings is 1. The second-order valence-electron chi connectivity index (χ2n) is 8.65. The molecule has 0 spiro atoms. The van der Waals surface area contributed by atoms with E-state index in [0.717, 1.165) is 19.3 Å². The summed E-state index contributed by atoms with van der Waals surface area (Å²) in [7, 11) is 0. The molecule has 1 fully saturated rings. The van der Waals surface area contributed by atoms with Gasteiger partial charge >= 0.3 is 0 Å². The number of rotatable bonds is 11. The second kappa shape index (κ2) is 11.6. The van der Waals surface area contributed by atoms with Gasteiger partial charge in [0.25, 0.3) is 11.7 Å². The van der Waals surface area contributed by atoms with E-state index in [4.69, 9.17) is 13.9 Å². The van der Waals surface area contributed by atoms with Crippen molar-refractivity contribution in [2.45, 2.75) is 45.7 Å². The molecule has 1 aliphatic rings. The number of carbonyl (C=O) groups excluding carboxylic acids is 2. The van der Waals surface area contributed by atoms with E-state index in [2.05, 4.69) is 6.92 Å². The van der Waals surface area contributed by atoms with E-state index in [9.17, 15) is 14.7 Å². The molecule has 0 bridgehead atoms. The first kappa shape index (κ1) is 25.1. The van der Waals surface area contributed by atoms with Crippen LogP contribution < -0.4 is 9.47 Å². The zero-order chi connectivity index (χ0) is 25.5. The van der Waals surface area contributed by atoms with Crippen LogP contribution in [0.4, 0.5) is 0 Å². The number of aliphatic hydroxyl groups is 1. The monoisotopic (exact) mass is 489 g/mol. The lowest BCUT2D eigenvalue weighted by Crippen LogP contribution is -2.29. The topological polar surface area (TPSA) is 89.2 Å². The summed E-state index contributed by atoms with van der Waals surface area (Å²) in [5.41, 5.74) is 1.12. The number of benzene rings is 2. The number of ketones is 1. The van der Waals surface area contributed by atoms with Gasteiger partial charge in [0.1, 0.15) is 23.0 Å². The largest absolute Gasteiger partial charge is 0.507 e. The van der Waals surface area contributed by atoms with E-state index in [1.54, 1.807) is 36.4 Å². The average molecular weight is 490 g/mol. The van der Waals surface area contributed by atoms with Crippen molar-refractivity contribution in [1.82, 2.24) is 4.90 Å². The van der Waals surface area contributed by atoms with Crippen LogP contribution in [0.1, 0.15) is 56.0 Å². The summed E-state index contributed by atoms with van der Waals surface area (Å²) < 4.78 is 16.9. The molecule has 1 amide bonds. The van der Waals surface area contributed by atoms with Gasteiger partial charge in [-0.3, -0.25) is 9.59 Å². The summed E-state index contributed by atoms with van der Waals surface area (Å²) in [6.07, 6.45) is 4.32. The molecule has 0 saturated carbocycles. The highest BCUT2D eigenvalue weighted by Crippen LogP contribution is 2.41. The number of hydrogen-bond donors (Lipinski definition) is 1. The van der Waals surface area contributed by atoms with E-state index < -0.39 is 17.7 Å². The van der Waals surface area contributed by atoms with E-state index in [1.165, 1.54) is 11.2 Å². The normalized spacial score (nSPS) is 16.9. The van der Waals surface area contributed by atoms with Crippen LogP contribution in [-0.4, -0.2) is 34.9 Å². The molecule has 1 aliphatic heterocycles. The zero-order valence-corrected chi connectivity index (χ0v) is 20.6. The maximum Gasteiger partial charge on any atom is 0.296 e. The third-order valence-electron chi connectivity index (χ3n) is 5.99. The van der Waals surface area contributed by atoms with Gasteiger partial charge in [-0.15, -0.1) is 0 Å². The van der Waals surface area contributed by atoms with Crippen molar-refractivity contribution in [1.29, 1.82) is 0 Å². The van der Waals surface area contributed by atoms with Gasteiger partial charge in [-0.1, -0.05) is 32.4 Å². The molecule has 2 heterocycles. The van der Waals surface area contributed by atoms with Crippen LogP contribution in [0.3, 0.4) is 0 Å². The molecule has 3 aromatic rings. The number of nitrogens with zero attached hydrogens (tertiary/aromatic N) is 1. The maximum atomic E-state index is 13.3. The van der Waals surface area contributed by atoms with Gasteiger partial charge in [-0.05, 0) is 66.9 Å². The van der Waals surface area contributed by atoms with Crippen LogP contribution in [-0.2, 0) is 16.1 Å². The lowest BCUT2D eigenvalue weighted by molar-refractivity contribution is -0.140. The summed E-state index contributed by atoms with van der Waals surface area (Å²) in [4.78, 5) is 27.8. The fourth-order valence-corrected chi connectivity index (χ4v) is 4.15. The van der Waals surface area contributed by atoms with Crippen LogP contribution >= 0.6 is 0 Å². The number of unbranched alkanes of at least 4 members (excludes halogenated alkanes) is 1. The molecule has 2 aromatic carbocycles. The molecule has 7 heteroatoms. The van der Waals surface area contributed by atoms with Crippen molar-refractivity contribution in [3.63, 3.8) is 0 Å². The molecule has 1 aromatic heterocycles. The minimum atomic E-state index is -0.805. The van der Waals surface area contributed by atoms with Crippen molar-refractivity contribution < 1.29 is 28.6 Å². The molecule has 36 heavy (non-hydrogen) atoms. The summed E-state index contributed by atoms with van der Waals surface area (Å²) in [6, 6.07) is 16.8. The molecule has 4 rings (SSSR count). The van der Waals surface area contributed by atoms with Crippen LogP contribution in [0.5, 0.6) is 11.5 Å². The van der Waals surface area contributed by atoms with E-state index >= 15 is 0 Å². The highest BCUT2D eigenvalue weighted by atomic mass is 16.5. The lowest BCUT2D eigenvalue weighted by Gasteiger charge is -2.25. The minimum Gasteiger partial charge on any atom is -0.507 e. The summed E-state index contributed by atoms with van der Waals surface area (Å²) in [5.74, 6) is 0.169. The van der Waals surface area contributed by atoms with Crippen LogP contribution in [0.2, 0.25) is 0 Å². The fraction of sp³-hybridized carbons (Fsp3) is 0.310.